The van der Waals surface area contributed by atoms with Gasteiger partial charge in [-0.25, -0.2) is 0 Å². The van der Waals surface area contributed by atoms with E-state index in [2.05, 4.69) is 0 Å². The van der Waals surface area contributed by atoms with Crippen LogP contribution in [0.4, 0.5) is 0 Å². The molecular formula is C16H29ClN2O3. The van der Waals surface area contributed by atoms with Crippen molar-refractivity contribution in [2.24, 2.45) is 29.4 Å². The van der Waals surface area contributed by atoms with Crippen molar-refractivity contribution in [1.29, 1.82) is 0 Å². The van der Waals surface area contributed by atoms with Crippen molar-refractivity contribution in [1.82, 2.24) is 4.90 Å². The topological polar surface area (TPSA) is 64.8 Å². The molecule has 1 heterocycles. The van der Waals surface area contributed by atoms with Gasteiger partial charge in [0.1, 0.15) is 0 Å². The van der Waals surface area contributed by atoms with Crippen LogP contribution in [-0.4, -0.2) is 56.9 Å². The Balaban J connectivity index is 0.00000176. The van der Waals surface area contributed by atoms with Gasteiger partial charge in [-0.3, -0.25) is 4.79 Å². The Morgan fingerprint density at radius 3 is 2.68 bits per heavy atom. The summed E-state index contributed by atoms with van der Waals surface area (Å²) in [5.41, 5.74) is 6.29. The van der Waals surface area contributed by atoms with Gasteiger partial charge in [-0.1, -0.05) is 0 Å². The number of amides is 1. The van der Waals surface area contributed by atoms with E-state index < -0.39 is 0 Å². The monoisotopic (exact) mass is 332 g/mol. The largest absolute Gasteiger partial charge is 0.382 e. The SMILES string of the molecule is COCCOCC1CCN(C(=O)C2C3CCC(C3)C2N)C1.Cl. The van der Waals surface area contributed by atoms with Gasteiger partial charge in [0.25, 0.3) is 0 Å². The molecule has 5 unspecified atom stereocenters. The van der Waals surface area contributed by atoms with Crippen LogP contribution in [0.15, 0.2) is 0 Å². The fourth-order valence-corrected chi connectivity index (χ4v) is 4.47. The van der Waals surface area contributed by atoms with Crippen LogP contribution in [0.5, 0.6) is 0 Å². The van der Waals surface area contributed by atoms with Crippen molar-refractivity contribution in [3.63, 3.8) is 0 Å². The predicted molar refractivity (Wildman–Crippen MR) is 86.9 cm³/mol. The molecule has 0 spiro atoms. The highest BCUT2D eigenvalue weighted by Gasteiger charge is 2.50. The van der Waals surface area contributed by atoms with E-state index >= 15 is 0 Å². The number of nitrogens with zero attached hydrogens (tertiary/aromatic N) is 1. The number of ether oxygens (including phenoxy) is 2. The number of likely N-dealkylation sites (tertiary alicyclic amines) is 1. The molecule has 0 aromatic rings. The van der Waals surface area contributed by atoms with Gasteiger partial charge in [0.15, 0.2) is 0 Å². The van der Waals surface area contributed by atoms with E-state index in [4.69, 9.17) is 15.2 Å². The number of fused-ring (bicyclic) bond motifs is 2. The summed E-state index contributed by atoms with van der Waals surface area (Å²) in [6, 6.07) is 0.105. The average Bonchev–Trinajstić information content (AvgIpc) is 3.18. The summed E-state index contributed by atoms with van der Waals surface area (Å²) < 4.78 is 10.6. The van der Waals surface area contributed by atoms with Crippen molar-refractivity contribution < 1.29 is 14.3 Å². The zero-order valence-corrected chi connectivity index (χ0v) is 14.2. The third-order valence-corrected chi connectivity index (χ3v) is 5.65. The lowest BCUT2D eigenvalue weighted by Gasteiger charge is -2.30. The molecule has 2 saturated carbocycles. The molecule has 2 N–H and O–H groups in total. The van der Waals surface area contributed by atoms with Gasteiger partial charge >= 0.3 is 0 Å². The zero-order chi connectivity index (χ0) is 14.8. The van der Waals surface area contributed by atoms with E-state index in [1.165, 1.54) is 19.3 Å². The molecule has 0 radical (unpaired) electrons. The highest BCUT2D eigenvalue weighted by Crippen LogP contribution is 2.48. The average molecular weight is 333 g/mol. The fourth-order valence-electron chi connectivity index (χ4n) is 4.47. The van der Waals surface area contributed by atoms with Gasteiger partial charge < -0.3 is 20.1 Å². The van der Waals surface area contributed by atoms with Crippen molar-refractivity contribution >= 4 is 18.3 Å². The van der Waals surface area contributed by atoms with Gasteiger partial charge in [0.05, 0.1) is 25.7 Å². The molecule has 22 heavy (non-hydrogen) atoms. The maximum absolute atomic E-state index is 12.8. The Labute approximate surface area is 139 Å². The summed E-state index contributed by atoms with van der Waals surface area (Å²) in [6.45, 7) is 3.72. The molecule has 3 rings (SSSR count). The molecular weight excluding hydrogens is 304 g/mol. The summed E-state index contributed by atoms with van der Waals surface area (Å²) in [7, 11) is 1.68. The molecule has 5 nitrogen and oxygen atoms in total. The van der Waals surface area contributed by atoms with Crippen LogP contribution >= 0.6 is 12.4 Å². The van der Waals surface area contributed by atoms with Gasteiger partial charge in [-0.05, 0) is 37.5 Å². The summed E-state index contributed by atoms with van der Waals surface area (Å²) in [5.74, 6) is 2.03. The van der Waals surface area contributed by atoms with E-state index in [0.29, 0.717) is 36.9 Å². The molecule has 3 fully saturated rings. The van der Waals surface area contributed by atoms with Crippen molar-refractivity contribution in [3.05, 3.63) is 0 Å². The van der Waals surface area contributed by atoms with Crippen molar-refractivity contribution in [2.75, 3.05) is 40.0 Å². The smallest absolute Gasteiger partial charge is 0.227 e. The lowest BCUT2D eigenvalue weighted by molar-refractivity contribution is -0.136. The van der Waals surface area contributed by atoms with E-state index in [-0.39, 0.29) is 24.4 Å². The Hall–Kier alpha value is -0.360. The summed E-state index contributed by atoms with van der Waals surface area (Å²) in [5, 5.41) is 0. The third kappa shape index (κ3) is 3.58. The Kier molecular flexibility index (Phi) is 6.50. The van der Waals surface area contributed by atoms with E-state index in [1.54, 1.807) is 7.11 Å². The number of halogens is 1. The van der Waals surface area contributed by atoms with Crippen LogP contribution in [0.3, 0.4) is 0 Å². The Morgan fingerprint density at radius 2 is 2.00 bits per heavy atom. The summed E-state index contributed by atoms with van der Waals surface area (Å²) >= 11 is 0. The van der Waals surface area contributed by atoms with Crippen LogP contribution in [0.2, 0.25) is 0 Å². The summed E-state index contributed by atoms with van der Waals surface area (Å²) in [6.07, 6.45) is 4.65. The molecule has 3 aliphatic rings. The fraction of sp³-hybridized carbons (Fsp3) is 0.938. The number of nitrogens with two attached hydrogens (primary N) is 1. The van der Waals surface area contributed by atoms with Crippen LogP contribution < -0.4 is 5.73 Å². The number of hydrogen-bond acceptors (Lipinski definition) is 4. The van der Waals surface area contributed by atoms with E-state index in [1.807, 2.05) is 4.90 Å². The minimum absolute atomic E-state index is 0. The normalized spacial score (nSPS) is 36.6. The molecule has 0 aromatic heterocycles. The maximum atomic E-state index is 12.8. The quantitative estimate of drug-likeness (QED) is 0.744. The lowest BCUT2D eigenvalue weighted by Crippen LogP contribution is -2.46. The first-order valence-electron chi connectivity index (χ1n) is 8.31. The molecule has 6 heteroatoms. The van der Waals surface area contributed by atoms with Crippen LogP contribution in [0, 0.1) is 23.7 Å². The second kappa shape index (κ2) is 7.95. The zero-order valence-electron chi connectivity index (χ0n) is 13.4. The molecule has 0 aromatic carbocycles. The number of rotatable bonds is 6. The standard InChI is InChI=1S/C16H28N2O3.ClH/c1-20-6-7-21-10-11-4-5-18(9-11)16(19)14-12-2-3-13(8-12)15(14)17;/h11-15H,2-10,17H2,1H3;1H. The van der Waals surface area contributed by atoms with Gasteiger partial charge in [-0.2, -0.15) is 0 Å². The Bertz CT molecular complexity index is 380. The minimum atomic E-state index is 0. The number of carbonyl (C=O) groups excluding carboxylic acids is 1. The van der Waals surface area contributed by atoms with Crippen LogP contribution in [0.25, 0.3) is 0 Å². The molecule has 1 amide bonds. The van der Waals surface area contributed by atoms with Crippen molar-refractivity contribution in [3.8, 4) is 0 Å². The number of methoxy groups -OCH3 is 1. The highest BCUT2D eigenvalue weighted by atomic mass is 35.5. The highest BCUT2D eigenvalue weighted by molar-refractivity contribution is 5.85. The van der Waals surface area contributed by atoms with Crippen LogP contribution in [0.1, 0.15) is 25.7 Å². The Morgan fingerprint density at radius 1 is 1.23 bits per heavy atom. The first-order valence-corrected chi connectivity index (χ1v) is 8.31. The molecule has 2 bridgehead atoms. The minimum Gasteiger partial charge on any atom is -0.382 e. The third-order valence-electron chi connectivity index (χ3n) is 5.65. The first kappa shape index (κ1) is 18.0. The molecule has 1 saturated heterocycles. The van der Waals surface area contributed by atoms with Crippen LogP contribution in [-0.2, 0) is 14.3 Å². The molecule has 2 aliphatic carbocycles. The molecule has 1 aliphatic heterocycles. The lowest BCUT2D eigenvalue weighted by atomic mass is 9.84. The van der Waals surface area contributed by atoms with E-state index in [0.717, 1.165) is 26.1 Å². The molecule has 5 atom stereocenters. The maximum Gasteiger partial charge on any atom is 0.227 e. The molecule has 128 valence electrons. The second-order valence-electron chi connectivity index (χ2n) is 6.94. The second-order valence-corrected chi connectivity index (χ2v) is 6.94. The summed E-state index contributed by atoms with van der Waals surface area (Å²) in [4.78, 5) is 14.8. The van der Waals surface area contributed by atoms with E-state index in [9.17, 15) is 4.79 Å². The van der Waals surface area contributed by atoms with Crippen molar-refractivity contribution in [2.45, 2.75) is 31.7 Å². The first-order chi connectivity index (χ1) is 10.2. The van der Waals surface area contributed by atoms with Gasteiger partial charge in [-0.15, -0.1) is 12.4 Å². The number of carbonyl (C=O) groups is 1. The van der Waals surface area contributed by atoms with Gasteiger partial charge in [0.2, 0.25) is 5.91 Å². The number of hydrogen-bond donors (Lipinski definition) is 1. The van der Waals surface area contributed by atoms with Gasteiger partial charge in [0, 0.05) is 32.2 Å². The predicted octanol–water partition coefficient (Wildman–Crippen LogP) is 1.29.